The third kappa shape index (κ3) is 6.81. The largest absolute Gasteiger partial charge is 0.489 e. The van der Waals surface area contributed by atoms with Crippen LogP contribution in [-0.4, -0.2) is 23.7 Å². The van der Waals surface area contributed by atoms with Crippen LogP contribution in [-0.2, 0) is 11.4 Å². The van der Waals surface area contributed by atoms with E-state index in [0.29, 0.717) is 19.6 Å². The molecule has 0 radical (unpaired) electrons. The summed E-state index contributed by atoms with van der Waals surface area (Å²) in [5, 5.41) is 12.1. The summed E-state index contributed by atoms with van der Waals surface area (Å²) in [5.41, 5.74) is 2.19. The fourth-order valence-electron chi connectivity index (χ4n) is 2.42. The molecule has 2 aromatic carbocycles. The Labute approximate surface area is 149 Å². The highest BCUT2D eigenvalue weighted by Crippen LogP contribution is 2.15. The molecule has 0 amide bonds. The molecule has 0 saturated heterocycles. The molecule has 0 aliphatic rings. The molecular formula is C21H25NO3. The highest BCUT2D eigenvalue weighted by molar-refractivity contribution is 5.73. The maximum atomic E-state index is 11.1. The quantitative estimate of drug-likeness (QED) is 0.683. The monoisotopic (exact) mass is 339 g/mol. The molecule has 0 fully saturated rings. The van der Waals surface area contributed by atoms with E-state index in [1.165, 1.54) is 0 Å². The molecule has 0 saturated carbocycles. The van der Waals surface area contributed by atoms with E-state index in [1.807, 2.05) is 73.7 Å². The summed E-state index contributed by atoms with van der Waals surface area (Å²) in [6.45, 7) is 3.06. The van der Waals surface area contributed by atoms with Crippen molar-refractivity contribution in [2.24, 2.45) is 0 Å². The average molecular weight is 339 g/mol. The van der Waals surface area contributed by atoms with Crippen LogP contribution in [0.2, 0.25) is 0 Å². The summed E-state index contributed by atoms with van der Waals surface area (Å²) in [5.74, 6) is 0.0307. The lowest BCUT2D eigenvalue weighted by atomic mass is 10.1. The van der Waals surface area contributed by atoms with Crippen LogP contribution in [0.3, 0.4) is 0 Å². The molecule has 1 atom stereocenters. The Kier molecular flexibility index (Phi) is 7.73. The summed E-state index contributed by atoms with van der Waals surface area (Å²) in [7, 11) is 0. The Bertz CT molecular complexity index is 665. The number of benzene rings is 2. The van der Waals surface area contributed by atoms with Crippen molar-refractivity contribution >= 4 is 12.0 Å². The summed E-state index contributed by atoms with van der Waals surface area (Å²) in [4.78, 5) is 11.1. The zero-order chi connectivity index (χ0) is 17.9. The van der Waals surface area contributed by atoms with E-state index in [1.54, 1.807) is 0 Å². The number of hydrogen-bond donors (Lipinski definition) is 2. The predicted molar refractivity (Wildman–Crippen MR) is 101 cm³/mol. The van der Waals surface area contributed by atoms with Gasteiger partial charge in [0.1, 0.15) is 18.4 Å². The van der Waals surface area contributed by atoms with Gasteiger partial charge in [0, 0.05) is 6.54 Å². The van der Waals surface area contributed by atoms with Gasteiger partial charge in [-0.05, 0) is 29.7 Å². The molecule has 1 unspecified atom stereocenters. The summed E-state index contributed by atoms with van der Waals surface area (Å²) < 4.78 is 5.76. The van der Waals surface area contributed by atoms with Crippen molar-refractivity contribution in [1.29, 1.82) is 0 Å². The van der Waals surface area contributed by atoms with E-state index in [0.717, 1.165) is 23.3 Å². The van der Waals surface area contributed by atoms with Crippen LogP contribution in [0.5, 0.6) is 5.75 Å². The third-order valence-corrected chi connectivity index (χ3v) is 3.80. The summed E-state index contributed by atoms with van der Waals surface area (Å²) in [6, 6.07) is 17.4. The molecule has 4 nitrogen and oxygen atoms in total. The number of carboxylic acid groups (broad SMARTS) is 1. The van der Waals surface area contributed by atoms with Crippen molar-refractivity contribution in [3.63, 3.8) is 0 Å². The molecular weight excluding hydrogens is 314 g/mol. The lowest BCUT2D eigenvalue weighted by Crippen LogP contribution is -2.36. The molecule has 0 bridgehead atoms. The van der Waals surface area contributed by atoms with Gasteiger partial charge in [-0.3, -0.25) is 4.79 Å². The second-order valence-corrected chi connectivity index (χ2v) is 5.83. The number of nitrogens with one attached hydrogen (secondary N) is 1. The van der Waals surface area contributed by atoms with Gasteiger partial charge >= 0.3 is 5.97 Å². The Morgan fingerprint density at radius 3 is 2.52 bits per heavy atom. The normalized spacial score (nSPS) is 12.2. The molecule has 2 rings (SSSR count). The van der Waals surface area contributed by atoms with Crippen molar-refractivity contribution < 1.29 is 14.6 Å². The van der Waals surface area contributed by atoms with E-state index in [2.05, 4.69) is 5.32 Å². The minimum Gasteiger partial charge on any atom is -0.489 e. The van der Waals surface area contributed by atoms with E-state index in [-0.39, 0.29) is 0 Å². The first-order valence-corrected chi connectivity index (χ1v) is 8.58. The lowest BCUT2D eigenvalue weighted by Gasteiger charge is -2.11. The number of hydrogen-bond acceptors (Lipinski definition) is 3. The Morgan fingerprint density at radius 2 is 1.88 bits per heavy atom. The molecule has 0 spiro atoms. The first-order chi connectivity index (χ1) is 12.2. The van der Waals surface area contributed by atoms with Crippen molar-refractivity contribution in [3.8, 4) is 5.75 Å². The summed E-state index contributed by atoms with van der Waals surface area (Å²) in [6.07, 6.45) is 5.39. The molecule has 0 aromatic heterocycles. The van der Waals surface area contributed by atoms with Gasteiger partial charge in [-0.2, -0.15) is 0 Å². The Morgan fingerprint density at radius 1 is 1.16 bits per heavy atom. The SMILES string of the molecule is CCCC(NC/C=C/c1ccc(OCc2ccccc2)cc1)C(=O)O. The van der Waals surface area contributed by atoms with Gasteiger partial charge in [-0.1, -0.05) is 68.0 Å². The number of carboxylic acids is 1. The molecule has 4 heteroatoms. The topological polar surface area (TPSA) is 58.6 Å². The van der Waals surface area contributed by atoms with E-state index in [9.17, 15) is 4.79 Å². The number of rotatable bonds is 10. The number of ether oxygens (including phenoxy) is 1. The number of aliphatic carboxylic acids is 1. The fourth-order valence-corrected chi connectivity index (χ4v) is 2.42. The first-order valence-electron chi connectivity index (χ1n) is 8.58. The first kappa shape index (κ1) is 18.7. The van der Waals surface area contributed by atoms with Crippen LogP contribution in [0.1, 0.15) is 30.9 Å². The smallest absolute Gasteiger partial charge is 0.320 e. The van der Waals surface area contributed by atoms with Gasteiger partial charge in [0.25, 0.3) is 0 Å². The predicted octanol–water partition coefficient (Wildman–Crippen LogP) is 4.12. The standard InChI is InChI=1S/C21H25NO3/c1-2-7-20(21(23)24)22-15-6-10-17-11-13-19(14-12-17)25-16-18-8-4-3-5-9-18/h3-6,8-14,20,22H,2,7,15-16H2,1H3,(H,23,24)/b10-6+. The van der Waals surface area contributed by atoms with Gasteiger partial charge in [0.15, 0.2) is 0 Å². The third-order valence-electron chi connectivity index (χ3n) is 3.80. The van der Waals surface area contributed by atoms with Gasteiger partial charge < -0.3 is 15.2 Å². The summed E-state index contributed by atoms with van der Waals surface area (Å²) >= 11 is 0. The Balaban J connectivity index is 1.78. The van der Waals surface area contributed by atoms with Crippen LogP contribution < -0.4 is 10.1 Å². The molecule has 2 N–H and O–H groups in total. The van der Waals surface area contributed by atoms with Crippen LogP contribution in [0, 0.1) is 0 Å². The molecule has 0 heterocycles. The van der Waals surface area contributed by atoms with Crippen molar-refractivity contribution in [1.82, 2.24) is 5.32 Å². The van der Waals surface area contributed by atoms with Crippen LogP contribution in [0.25, 0.3) is 6.08 Å². The van der Waals surface area contributed by atoms with Crippen LogP contribution in [0.15, 0.2) is 60.7 Å². The van der Waals surface area contributed by atoms with Crippen molar-refractivity contribution in [3.05, 3.63) is 71.8 Å². The molecule has 0 aliphatic carbocycles. The molecule has 25 heavy (non-hydrogen) atoms. The minimum absolute atomic E-state index is 0.483. The lowest BCUT2D eigenvalue weighted by molar-refractivity contribution is -0.139. The highest BCUT2D eigenvalue weighted by Gasteiger charge is 2.13. The van der Waals surface area contributed by atoms with Crippen LogP contribution >= 0.6 is 0 Å². The maximum absolute atomic E-state index is 11.1. The Hall–Kier alpha value is -2.59. The zero-order valence-electron chi connectivity index (χ0n) is 14.5. The average Bonchev–Trinajstić information content (AvgIpc) is 2.64. The van der Waals surface area contributed by atoms with E-state index in [4.69, 9.17) is 9.84 Å². The van der Waals surface area contributed by atoms with Crippen molar-refractivity contribution in [2.75, 3.05) is 6.54 Å². The van der Waals surface area contributed by atoms with Crippen molar-refractivity contribution in [2.45, 2.75) is 32.4 Å². The highest BCUT2D eigenvalue weighted by atomic mass is 16.5. The van der Waals surface area contributed by atoms with E-state index < -0.39 is 12.0 Å². The molecule has 132 valence electrons. The fraction of sp³-hybridized carbons (Fsp3) is 0.286. The maximum Gasteiger partial charge on any atom is 0.320 e. The van der Waals surface area contributed by atoms with Gasteiger partial charge in [0.2, 0.25) is 0 Å². The van der Waals surface area contributed by atoms with Gasteiger partial charge in [0.05, 0.1) is 0 Å². The van der Waals surface area contributed by atoms with Gasteiger partial charge in [-0.25, -0.2) is 0 Å². The molecule has 0 aliphatic heterocycles. The second-order valence-electron chi connectivity index (χ2n) is 5.83. The minimum atomic E-state index is -0.796. The van der Waals surface area contributed by atoms with Gasteiger partial charge in [-0.15, -0.1) is 0 Å². The van der Waals surface area contributed by atoms with Crippen LogP contribution in [0.4, 0.5) is 0 Å². The van der Waals surface area contributed by atoms with E-state index >= 15 is 0 Å². The number of carbonyl (C=O) groups is 1. The molecule has 2 aromatic rings. The second kappa shape index (κ2) is 10.3. The zero-order valence-corrected chi connectivity index (χ0v) is 14.5.